The summed E-state index contributed by atoms with van der Waals surface area (Å²) < 4.78 is 41.7. The number of aromatic nitrogens is 3. The van der Waals surface area contributed by atoms with E-state index in [4.69, 9.17) is 15.2 Å². The molecule has 2 aromatic carbocycles. The van der Waals surface area contributed by atoms with E-state index in [1.165, 1.54) is 0 Å². The van der Waals surface area contributed by atoms with Gasteiger partial charge in [0.05, 0.1) is 40.2 Å². The highest BCUT2D eigenvalue weighted by Gasteiger charge is 2.56. The molecular weight excluding hydrogens is 572 g/mol. The Morgan fingerprint density at radius 1 is 1.23 bits per heavy atom. The van der Waals surface area contributed by atoms with E-state index in [0.717, 1.165) is 38.2 Å². The third kappa shape index (κ3) is 5.08. The van der Waals surface area contributed by atoms with Crippen molar-refractivity contribution < 1.29 is 23.0 Å². The minimum Gasteiger partial charge on any atom is -0.493 e. The van der Waals surface area contributed by atoms with Gasteiger partial charge >= 0.3 is 0 Å². The summed E-state index contributed by atoms with van der Waals surface area (Å²) in [5.74, 6) is -0.679. The van der Waals surface area contributed by atoms with Crippen LogP contribution < -0.4 is 20.5 Å². The van der Waals surface area contributed by atoms with Crippen molar-refractivity contribution >= 4 is 27.5 Å². The van der Waals surface area contributed by atoms with Crippen LogP contribution in [0.1, 0.15) is 69.7 Å². The molecule has 0 spiro atoms. The number of nitrogen functional groups attached to an aromatic ring is 1. The maximum absolute atomic E-state index is 14.4. The van der Waals surface area contributed by atoms with E-state index in [9.17, 15) is 13.6 Å². The lowest BCUT2D eigenvalue weighted by atomic mass is 9.91. The molecule has 0 aliphatic heterocycles. The monoisotopic (exact) mass is 603 g/mol. The van der Waals surface area contributed by atoms with E-state index in [-0.39, 0.29) is 33.3 Å². The molecule has 3 N–H and O–H groups in total. The number of fused-ring (bicyclic) bond motifs is 2. The molecule has 2 aliphatic rings. The average Bonchev–Trinajstić information content (AvgIpc) is 3.63. The van der Waals surface area contributed by atoms with Crippen molar-refractivity contribution in [1.29, 1.82) is 0 Å². The number of carbonyl (C=O) groups excluding carboxylic acids is 1. The molecule has 2 saturated carbocycles. The van der Waals surface area contributed by atoms with Crippen molar-refractivity contribution in [3.8, 4) is 22.8 Å². The molecular formula is C28H32BrF2N5O3. The Hall–Kier alpha value is -3.21. The van der Waals surface area contributed by atoms with Gasteiger partial charge in [-0.25, -0.2) is 13.5 Å². The summed E-state index contributed by atoms with van der Waals surface area (Å²) in [4.78, 5) is 13.5. The summed E-state index contributed by atoms with van der Waals surface area (Å²) in [6.45, 7) is 6.45. The first-order chi connectivity index (χ1) is 18.6. The summed E-state index contributed by atoms with van der Waals surface area (Å²) in [6.07, 6.45) is 6.25. The lowest BCUT2D eigenvalue weighted by molar-refractivity contribution is 0.0895. The molecule has 39 heavy (non-hydrogen) atoms. The molecule has 0 atom stereocenters. The number of benzene rings is 2. The zero-order valence-corrected chi connectivity index (χ0v) is 23.8. The second kappa shape index (κ2) is 10.4. The summed E-state index contributed by atoms with van der Waals surface area (Å²) in [7, 11) is 0. The molecule has 1 amide bonds. The second-order valence-corrected chi connectivity index (χ2v) is 11.6. The van der Waals surface area contributed by atoms with Crippen molar-refractivity contribution in [3.63, 3.8) is 0 Å². The van der Waals surface area contributed by atoms with Gasteiger partial charge in [0, 0.05) is 17.2 Å². The van der Waals surface area contributed by atoms with Gasteiger partial charge in [-0.15, -0.1) is 5.10 Å². The molecule has 11 heteroatoms. The number of hydrogen-bond acceptors (Lipinski definition) is 6. The number of anilines is 1. The van der Waals surface area contributed by atoms with Gasteiger partial charge in [0.2, 0.25) is 0 Å². The first kappa shape index (κ1) is 27.4. The molecule has 0 saturated heterocycles. The van der Waals surface area contributed by atoms with Crippen molar-refractivity contribution in [2.24, 2.45) is 0 Å². The quantitative estimate of drug-likeness (QED) is 0.230. The van der Waals surface area contributed by atoms with Crippen LogP contribution in [-0.4, -0.2) is 39.2 Å². The predicted molar refractivity (Wildman–Crippen MR) is 147 cm³/mol. The molecule has 0 unspecified atom stereocenters. The Bertz CT molecular complexity index is 1400. The van der Waals surface area contributed by atoms with Crippen molar-refractivity contribution in [2.45, 2.75) is 76.5 Å². The van der Waals surface area contributed by atoms with E-state index < -0.39 is 17.2 Å². The van der Waals surface area contributed by atoms with Crippen LogP contribution in [0.2, 0.25) is 0 Å². The van der Waals surface area contributed by atoms with Gasteiger partial charge in [-0.2, -0.15) is 0 Å². The summed E-state index contributed by atoms with van der Waals surface area (Å²) >= 11 is 2.87. The van der Waals surface area contributed by atoms with E-state index in [2.05, 4.69) is 31.6 Å². The standard InChI is InChI=1S/C28H32BrF2N5O3/c1-4-11-38-17-5-6-18(22(12-17)39-16(2)3)26(37)33-27-7-9-28(15-27,10-8-27)36-14-21(34-35-36)19-13-20(30)23(29)24(31)25(19)32/h5-6,12-14,16H,4,7-11,15,32H2,1-3H3,(H,33,37). The van der Waals surface area contributed by atoms with Crippen LogP contribution in [0.3, 0.4) is 0 Å². The van der Waals surface area contributed by atoms with Crippen LogP contribution in [0.25, 0.3) is 11.3 Å². The lowest BCUT2D eigenvalue weighted by Crippen LogP contribution is -2.45. The highest BCUT2D eigenvalue weighted by molar-refractivity contribution is 9.10. The molecule has 2 fully saturated rings. The molecule has 2 bridgehead atoms. The van der Waals surface area contributed by atoms with Crippen molar-refractivity contribution in [2.75, 3.05) is 12.3 Å². The van der Waals surface area contributed by atoms with Crippen molar-refractivity contribution in [1.82, 2.24) is 20.3 Å². The third-order valence-corrected chi connectivity index (χ3v) is 8.40. The minimum absolute atomic E-state index is 0.107. The van der Waals surface area contributed by atoms with Gasteiger partial charge in [-0.05, 0) is 86.5 Å². The number of ether oxygens (including phenoxy) is 2. The highest BCUT2D eigenvalue weighted by atomic mass is 79.9. The first-order valence-corrected chi connectivity index (χ1v) is 14.0. The Kier molecular flexibility index (Phi) is 7.30. The lowest BCUT2D eigenvalue weighted by Gasteiger charge is -2.29. The topological polar surface area (TPSA) is 104 Å². The van der Waals surface area contributed by atoms with Gasteiger partial charge in [0.1, 0.15) is 23.0 Å². The SMILES string of the molecule is CCCOc1ccc(C(=O)NC23CCC(n4cc(-c5cc(F)c(Br)c(F)c5N)nn4)(CC2)C3)c(OC(C)C)c1. The smallest absolute Gasteiger partial charge is 0.255 e. The van der Waals surface area contributed by atoms with E-state index in [1.54, 1.807) is 29.1 Å². The summed E-state index contributed by atoms with van der Waals surface area (Å²) in [5, 5.41) is 11.8. The molecule has 8 nitrogen and oxygen atoms in total. The largest absolute Gasteiger partial charge is 0.493 e. The number of rotatable bonds is 9. The first-order valence-electron chi connectivity index (χ1n) is 13.2. The maximum Gasteiger partial charge on any atom is 0.255 e. The van der Waals surface area contributed by atoms with Crippen LogP contribution in [0.4, 0.5) is 14.5 Å². The van der Waals surface area contributed by atoms with Crippen LogP contribution in [0, 0.1) is 11.6 Å². The van der Waals surface area contributed by atoms with Gasteiger partial charge in [-0.3, -0.25) is 4.79 Å². The number of amides is 1. The predicted octanol–water partition coefficient (Wildman–Crippen LogP) is 5.99. The van der Waals surface area contributed by atoms with Crippen LogP contribution in [-0.2, 0) is 5.54 Å². The zero-order chi connectivity index (χ0) is 27.9. The third-order valence-electron chi connectivity index (χ3n) is 7.67. The Labute approximate surface area is 234 Å². The van der Waals surface area contributed by atoms with Gasteiger partial charge in [-0.1, -0.05) is 12.1 Å². The summed E-state index contributed by atoms with van der Waals surface area (Å²) in [6, 6.07) is 6.46. The maximum atomic E-state index is 14.4. The van der Waals surface area contributed by atoms with E-state index in [1.807, 2.05) is 20.8 Å². The fourth-order valence-electron chi connectivity index (χ4n) is 5.76. The molecule has 1 aromatic heterocycles. The second-order valence-electron chi connectivity index (χ2n) is 10.8. The molecule has 208 valence electrons. The number of halogens is 3. The highest BCUT2D eigenvalue weighted by Crippen LogP contribution is 2.55. The van der Waals surface area contributed by atoms with Crippen LogP contribution >= 0.6 is 15.9 Å². The Balaban J connectivity index is 1.35. The molecule has 0 radical (unpaired) electrons. The number of carbonyl (C=O) groups is 1. The summed E-state index contributed by atoms with van der Waals surface area (Å²) in [5.41, 5.74) is 5.87. The van der Waals surface area contributed by atoms with Gasteiger partial charge < -0.3 is 20.5 Å². The number of hydrogen-bond donors (Lipinski definition) is 2. The Morgan fingerprint density at radius 3 is 2.67 bits per heavy atom. The molecule has 1 heterocycles. The van der Waals surface area contributed by atoms with Crippen LogP contribution in [0.15, 0.2) is 34.9 Å². The van der Waals surface area contributed by atoms with E-state index in [0.29, 0.717) is 35.8 Å². The van der Waals surface area contributed by atoms with Crippen LogP contribution in [0.5, 0.6) is 11.5 Å². The van der Waals surface area contributed by atoms with Crippen molar-refractivity contribution in [3.05, 3.63) is 52.1 Å². The van der Waals surface area contributed by atoms with Gasteiger partial charge in [0.25, 0.3) is 5.91 Å². The van der Waals surface area contributed by atoms with Gasteiger partial charge in [0.15, 0.2) is 5.82 Å². The number of nitrogens with zero attached hydrogens (tertiary/aromatic N) is 3. The normalized spacial score (nSPS) is 21.9. The Morgan fingerprint density at radius 2 is 1.97 bits per heavy atom. The fraction of sp³-hybridized carbons (Fsp3) is 0.464. The average molecular weight is 604 g/mol. The molecule has 5 rings (SSSR count). The molecule has 3 aromatic rings. The number of nitrogens with one attached hydrogen (secondary N) is 1. The molecule has 2 aliphatic carbocycles. The fourth-order valence-corrected chi connectivity index (χ4v) is 6.08. The number of nitrogens with two attached hydrogens (primary N) is 1. The minimum atomic E-state index is -0.869. The van der Waals surface area contributed by atoms with E-state index >= 15 is 0 Å². The zero-order valence-electron chi connectivity index (χ0n) is 22.2.